The molecule has 1 amide bonds. The summed E-state index contributed by atoms with van der Waals surface area (Å²) in [5.74, 6) is -0.397. The van der Waals surface area contributed by atoms with Gasteiger partial charge in [0.2, 0.25) is 0 Å². The Bertz CT molecular complexity index is 790. The minimum Gasteiger partial charge on any atom is -0.444 e. The van der Waals surface area contributed by atoms with E-state index in [0.29, 0.717) is 4.47 Å². The lowest BCUT2D eigenvalue weighted by Gasteiger charge is -2.19. The molecule has 0 atom stereocenters. The van der Waals surface area contributed by atoms with Crippen LogP contribution < -0.4 is 5.32 Å². The fraction of sp³-hybridized carbons (Fsp3) is 0.267. The van der Waals surface area contributed by atoms with Gasteiger partial charge in [0.05, 0.1) is 16.1 Å². The molecule has 120 valence electrons. The molecule has 0 fully saturated rings. The third-order valence-electron chi connectivity index (χ3n) is 2.61. The molecule has 0 saturated heterocycles. The lowest BCUT2D eigenvalue weighted by Crippen LogP contribution is -2.27. The first kappa shape index (κ1) is 17.0. The van der Waals surface area contributed by atoms with E-state index in [1.54, 1.807) is 20.8 Å². The average Bonchev–Trinajstić information content (AvgIpc) is 2.77. The van der Waals surface area contributed by atoms with E-state index in [4.69, 9.17) is 10.00 Å². The second kappa shape index (κ2) is 6.38. The summed E-state index contributed by atoms with van der Waals surface area (Å²) in [4.78, 5) is 11.8. The minimum atomic E-state index is -0.663. The second-order valence-electron chi connectivity index (χ2n) is 5.68. The number of rotatable bonds is 2. The van der Waals surface area contributed by atoms with E-state index in [0.717, 1.165) is 6.07 Å². The number of nitrogens with zero attached hydrogens (tertiary/aromatic N) is 3. The van der Waals surface area contributed by atoms with Crippen LogP contribution in [0.25, 0.3) is 5.69 Å². The number of aromatic nitrogens is 2. The SMILES string of the molecule is CC(C)(C)OC(=O)Nc1nn(-c2ccc(C#N)cc2F)cc1Br. The van der Waals surface area contributed by atoms with Crippen molar-refractivity contribution in [2.45, 2.75) is 26.4 Å². The van der Waals surface area contributed by atoms with Crippen LogP contribution in [0, 0.1) is 17.1 Å². The van der Waals surface area contributed by atoms with Gasteiger partial charge in [0, 0.05) is 6.20 Å². The molecule has 0 aliphatic carbocycles. The lowest BCUT2D eigenvalue weighted by atomic mass is 10.2. The molecular formula is C15H14BrFN4O2. The van der Waals surface area contributed by atoms with Gasteiger partial charge in [-0.15, -0.1) is 5.10 Å². The van der Waals surface area contributed by atoms with Crippen molar-refractivity contribution in [2.75, 3.05) is 5.32 Å². The Balaban J connectivity index is 2.25. The van der Waals surface area contributed by atoms with Gasteiger partial charge in [-0.05, 0) is 54.9 Å². The molecule has 2 aromatic rings. The highest BCUT2D eigenvalue weighted by molar-refractivity contribution is 9.10. The van der Waals surface area contributed by atoms with Gasteiger partial charge in [-0.25, -0.2) is 13.9 Å². The van der Waals surface area contributed by atoms with Crippen LogP contribution in [-0.4, -0.2) is 21.5 Å². The Morgan fingerprint density at radius 1 is 1.48 bits per heavy atom. The molecule has 0 aliphatic rings. The molecule has 0 radical (unpaired) electrons. The molecule has 1 aromatic heterocycles. The van der Waals surface area contributed by atoms with Crippen molar-refractivity contribution in [2.24, 2.45) is 0 Å². The normalized spacial score (nSPS) is 11.0. The number of nitriles is 1. The summed E-state index contributed by atoms with van der Waals surface area (Å²) in [6.07, 6.45) is 0.834. The number of hydrogen-bond donors (Lipinski definition) is 1. The predicted octanol–water partition coefficient (Wildman–Crippen LogP) is 3.99. The molecule has 1 aromatic carbocycles. The number of carbonyl (C=O) groups excluding carboxylic acids is 1. The highest BCUT2D eigenvalue weighted by atomic mass is 79.9. The average molecular weight is 381 g/mol. The molecule has 8 heteroatoms. The molecule has 0 saturated carbocycles. The third kappa shape index (κ3) is 4.29. The Morgan fingerprint density at radius 2 is 2.17 bits per heavy atom. The molecule has 23 heavy (non-hydrogen) atoms. The smallest absolute Gasteiger partial charge is 0.413 e. The van der Waals surface area contributed by atoms with Crippen molar-refractivity contribution in [1.29, 1.82) is 5.26 Å². The first-order chi connectivity index (χ1) is 10.7. The second-order valence-corrected chi connectivity index (χ2v) is 6.53. The largest absolute Gasteiger partial charge is 0.444 e. The highest BCUT2D eigenvalue weighted by Crippen LogP contribution is 2.24. The first-order valence-corrected chi connectivity index (χ1v) is 7.44. The number of anilines is 1. The molecule has 1 heterocycles. The van der Waals surface area contributed by atoms with Crippen molar-refractivity contribution in [3.05, 3.63) is 40.2 Å². The summed E-state index contributed by atoms with van der Waals surface area (Å²) >= 11 is 3.25. The van der Waals surface area contributed by atoms with Crippen LogP contribution in [0.2, 0.25) is 0 Å². The standard InChI is InChI=1S/C15H14BrFN4O2/c1-15(2,3)23-14(22)19-13-10(16)8-21(20-13)12-5-4-9(7-18)6-11(12)17/h4-6,8H,1-3H3,(H,19,20,22). The van der Waals surface area contributed by atoms with Gasteiger partial charge in [0.15, 0.2) is 5.82 Å². The number of ether oxygens (including phenoxy) is 1. The van der Waals surface area contributed by atoms with E-state index in [2.05, 4.69) is 26.3 Å². The molecule has 0 bridgehead atoms. The summed E-state index contributed by atoms with van der Waals surface area (Å²) in [7, 11) is 0. The fourth-order valence-corrected chi connectivity index (χ4v) is 2.10. The molecule has 0 spiro atoms. The third-order valence-corrected chi connectivity index (χ3v) is 3.19. The Kier molecular flexibility index (Phi) is 4.71. The monoisotopic (exact) mass is 380 g/mol. The van der Waals surface area contributed by atoms with Gasteiger partial charge in [-0.1, -0.05) is 0 Å². The Labute approximate surface area is 141 Å². The fourth-order valence-electron chi connectivity index (χ4n) is 1.72. The van der Waals surface area contributed by atoms with Gasteiger partial charge in [-0.2, -0.15) is 5.26 Å². The highest BCUT2D eigenvalue weighted by Gasteiger charge is 2.19. The lowest BCUT2D eigenvalue weighted by molar-refractivity contribution is 0.0635. The maximum Gasteiger partial charge on any atom is 0.413 e. The molecule has 0 aliphatic heterocycles. The summed E-state index contributed by atoms with van der Waals surface area (Å²) in [6, 6.07) is 5.89. The van der Waals surface area contributed by atoms with Crippen molar-refractivity contribution in [3.8, 4) is 11.8 Å². The van der Waals surface area contributed by atoms with Gasteiger partial charge < -0.3 is 4.74 Å². The number of halogens is 2. The summed E-state index contributed by atoms with van der Waals surface area (Å²) < 4.78 is 20.9. The van der Waals surface area contributed by atoms with Gasteiger partial charge >= 0.3 is 6.09 Å². The van der Waals surface area contributed by atoms with Crippen molar-refractivity contribution in [3.63, 3.8) is 0 Å². The van der Waals surface area contributed by atoms with E-state index in [-0.39, 0.29) is 17.1 Å². The number of amides is 1. The summed E-state index contributed by atoms with van der Waals surface area (Å²) in [6.45, 7) is 5.23. The van der Waals surface area contributed by atoms with E-state index in [9.17, 15) is 9.18 Å². The maximum atomic E-state index is 14.0. The van der Waals surface area contributed by atoms with Crippen molar-refractivity contribution in [1.82, 2.24) is 9.78 Å². The van der Waals surface area contributed by atoms with Crippen LogP contribution in [-0.2, 0) is 4.74 Å². The van der Waals surface area contributed by atoms with Gasteiger partial charge in [0.1, 0.15) is 17.1 Å². The number of nitrogens with one attached hydrogen (secondary N) is 1. The Morgan fingerprint density at radius 3 is 2.74 bits per heavy atom. The predicted molar refractivity (Wildman–Crippen MR) is 85.8 cm³/mol. The quantitative estimate of drug-likeness (QED) is 0.853. The molecular weight excluding hydrogens is 367 g/mol. The first-order valence-electron chi connectivity index (χ1n) is 6.65. The van der Waals surface area contributed by atoms with E-state index in [1.165, 1.54) is 23.0 Å². The van der Waals surface area contributed by atoms with Crippen molar-refractivity contribution >= 4 is 27.8 Å². The van der Waals surface area contributed by atoms with Crippen LogP contribution in [0.15, 0.2) is 28.9 Å². The number of carbonyl (C=O) groups is 1. The molecule has 1 N–H and O–H groups in total. The van der Waals surface area contributed by atoms with Gasteiger partial charge in [0.25, 0.3) is 0 Å². The minimum absolute atomic E-state index is 0.155. The van der Waals surface area contributed by atoms with E-state index >= 15 is 0 Å². The van der Waals surface area contributed by atoms with E-state index in [1.807, 2.05) is 6.07 Å². The van der Waals surface area contributed by atoms with Crippen molar-refractivity contribution < 1.29 is 13.9 Å². The zero-order valence-electron chi connectivity index (χ0n) is 12.7. The van der Waals surface area contributed by atoms with Crippen LogP contribution in [0.5, 0.6) is 0 Å². The van der Waals surface area contributed by atoms with Crippen LogP contribution in [0.3, 0.4) is 0 Å². The van der Waals surface area contributed by atoms with Gasteiger partial charge in [-0.3, -0.25) is 5.32 Å². The zero-order chi connectivity index (χ0) is 17.2. The number of hydrogen-bond acceptors (Lipinski definition) is 4. The zero-order valence-corrected chi connectivity index (χ0v) is 14.3. The van der Waals surface area contributed by atoms with Crippen LogP contribution in [0.4, 0.5) is 15.0 Å². The van der Waals surface area contributed by atoms with E-state index < -0.39 is 17.5 Å². The number of benzene rings is 1. The van der Waals surface area contributed by atoms with Crippen LogP contribution in [0.1, 0.15) is 26.3 Å². The topological polar surface area (TPSA) is 79.9 Å². The molecule has 2 rings (SSSR count). The van der Waals surface area contributed by atoms with Crippen LogP contribution >= 0.6 is 15.9 Å². The summed E-state index contributed by atoms with van der Waals surface area (Å²) in [5.41, 5.74) is -0.273. The maximum absolute atomic E-state index is 14.0. The Hall–Kier alpha value is -2.40. The molecule has 0 unspecified atom stereocenters. The summed E-state index contributed by atoms with van der Waals surface area (Å²) in [5, 5.41) is 15.3. The molecule has 6 nitrogen and oxygen atoms in total.